The number of carbonyl (C=O) groups excluding carboxylic acids is 1. The molecule has 3 aromatic rings. The fraction of sp³-hybridized carbons (Fsp3) is 0.167. The molecule has 3 rings (SSSR count). The van der Waals surface area contributed by atoms with Crippen molar-refractivity contribution in [2.24, 2.45) is 0 Å². The van der Waals surface area contributed by atoms with Crippen LogP contribution in [0.3, 0.4) is 0 Å². The second kappa shape index (κ2) is 7.57. The van der Waals surface area contributed by atoms with E-state index >= 15 is 0 Å². The number of benzene rings is 2. The summed E-state index contributed by atoms with van der Waals surface area (Å²) in [7, 11) is 1.57. The molecule has 0 aliphatic carbocycles. The number of halogens is 1. The third kappa shape index (κ3) is 4.20. The van der Waals surface area contributed by atoms with Crippen LogP contribution in [-0.2, 0) is 6.42 Å². The zero-order valence-corrected chi connectivity index (χ0v) is 13.5. The normalized spacial score (nSPS) is 10.5. The number of hydrogen-bond donors (Lipinski definition) is 1. The summed E-state index contributed by atoms with van der Waals surface area (Å²) in [5.41, 5.74) is 1.18. The molecule has 0 aliphatic rings. The lowest BCUT2D eigenvalue weighted by molar-refractivity contribution is 0.0953. The first-order chi connectivity index (χ1) is 12.2. The van der Waals surface area contributed by atoms with Crippen LogP contribution in [0.15, 0.2) is 52.9 Å². The highest BCUT2D eigenvalue weighted by atomic mass is 19.1. The van der Waals surface area contributed by atoms with Gasteiger partial charge in [0.25, 0.3) is 5.91 Å². The van der Waals surface area contributed by atoms with Crippen molar-refractivity contribution in [2.45, 2.75) is 6.42 Å². The summed E-state index contributed by atoms with van der Waals surface area (Å²) in [6.07, 6.45) is 0.399. The summed E-state index contributed by atoms with van der Waals surface area (Å²) < 4.78 is 23.5. The average Bonchev–Trinajstić information content (AvgIpc) is 3.11. The standard InChI is InChI=1S/C18H16FN3O3/c1-24-15-8-4-12(5-9-15)17(23)20-11-10-16-21-22-18(25-16)13-2-6-14(19)7-3-13/h2-9H,10-11H2,1H3,(H,20,23). The maximum absolute atomic E-state index is 12.9. The first kappa shape index (κ1) is 16.6. The van der Waals surface area contributed by atoms with Gasteiger partial charge in [-0.3, -0.25) is 4.79 Å². The van der Waals surface area contributed by atoms with Gasteiger partial charge < -0.3 is 14.5 Å². The minimum absolute atomic E-state index is 0.194. The molecule has 1 amide bonds. The molecule has 0 radical (unpaired) electrons. The Labute approximate surface area is 143 Å². The molecule has 0 unspecified atom stereocenters. The molecule has 2 aromatic carbocycles. The van der Waals surface area contributed by atoms with Crippen LogP contribution < -0.4 is 10.1 Å². The average molecular weight is 341 g/mol. The topological polar surface area (TPSA) is 77.2 Å². The number of amides is 1. The van der Waals surface area contributed by atoms with Crippen LogP contribution in [0.25, 0.3) is 11.5 Å². The highest BCUT2D eigenvalue weighted by Crippen LogP contribution is 2.18. The lowest BCUT2D eigenvalue weighted by atomic mass is 10.2. The number of methoxy groups -OCH3 is 1. The summed E-state index contributed by atoms with van der Waals surface area (Å²) in [5, 5.41) is 10.6. The van der Waals surface area contributed by atoms with Gasteiger partial charge in [0.05, 0.1) is 7.11 Å². The summed E-state index contributed by atoms with van der Waals surface area (Å²) in [4.78, 5) is 12.0. The van der Waals surface area contributed by atoms with E-state index in [0.717, 1.165) is 0 Å². The Bertz CT molecular complexity index is 845. The number of hydrogen-bond acceptors (Lipinski definition) is 5. The molecule has 0 aliphatic heterocycles. The molecular formula is C18H16FN3O3. The van der Waals surface area contributed by atoms with E-state index < -0.39 is 0 Å². The number of nitrogens with one attached hydrogen (secondary N) is 1. The van der Waals surface area contributed by atoms with Crippen LogP contribution in [0.1, 0.15) is 16.2 Å². The molecule has 6 nitrogen and oxygen atoms in total. The Kier molecular flexibility index (Phi) is 5.03. The van der Waals surface area contributed by atoms with E-state index in [1.807, 2.05) is 0 Å². The Balaban J connectivity index is 1.53. The summed E-state index contributed by atoms with van der Waals surface area (Å²) in [5.74, 6) is 0.882. The number of rotatable bonds is 6. The molecule has 0 spiro atoms. The summed E-state index contributed by atoms with van der Waals surface area (Å²) in [6, 6.07) is 12.6. The lowest BCUT2D eigenvalue weighted by Crippen LogP contribution is -2.25. The first-order valence-electron chi connectivity index (χ1n) is 7.66. The van der Waals surface area contributed by atoms with E-state index in [9.17, 15) is 9.18 Å². The molecule has 0 saturated heterocycles. The van der Waals surface area contributed by atoms with Gasteiger partial charge in [-0.25, -0.2) is 4.39 Å². The van der Waals surface area contributed by atoms with Gasteiger partial charge in [0.2, 0.25) is 11.8 Å². The van der Waals surface area contributed by atoms with Gasteiger partial charge in [-0.05, 0) is 48.5 Å². The molecule has 128 valence electrons. The lowest BCUT2D eigenvalue weighted by Gasteiger charge is -2.04. The van der Waals surface area contributed by atoms with Crippen LogP contribution >= 0.6 is 0 Å². The SMILES string of the molecule is COc1ccc(C(=O)NCCc2nnc(-c3ccc(F)cc3)o2)cc1. The molecule has 0 fully saturated rings. The Hall–Kier alpha value is -3.22. The molecule has 0 bridgehead atoms. The third-order valence-corrected chi connectivity index (χ3v) is 3.53. The van der Waals surface area contributed by atoms with Gasteiger partial charge in [-0.2, -0.15) is 0 Å². The second-order valence-corrected chi connectivity index (χ2v) is 5.24. The molecule has 0 saturated carbocycles. The Morgan fingerprint density at radius 2 is 1.84 bits per heavy atom. The van der Waals surface area contributed by atoms with E-state index in [2.05, 4.69) is 15.5 Å². The molecule has 1 N–H and O–H groups in total. The van der Waals surface area contributed by atoms with E-state index in [4.69, 9.17) is 9.15 Å². The van der Waals surface area contributed by atoms with Gasteiger partial charge in [-0.15, -0.1) is 10.2 Å². The molecular weight excluding hydrogens is 325 g/mol. The van der Waals surface area contributed by atoms with Crippen molar-refractivity contribution in [3.8, 4) is 17.2 Å². The molecule has 1 heterocycles. The molecule has 7 heteroatoms. The second-order valence-electron chi connectivity index (χ2n) is 5.24. The first-order valence-corrected chi connectivity index (χ1v) is 7.66. The zero-order valence-electron chi connectivity index (χ0n) is 13.5. The quantitative estimate of drug-likeness (QED) is 0.746. The largest absolute Gasteiger partial charge is 0.497 e. The highest BCUT2D eigenvalue weighted by molar-refractivity contribution is 5.94. The Morgan fingerprint density at radius 1 is 1.12 bits per heavy atom. The molecule has 0 atom stereocenters. The van der Waals surface area contributed by atoms with E-state index in [1.54, 1.807) is 43.5 Å². The van der Waals surface area contributed by atoms with Crippen LogP contribution in [0.4, 0.5) is 4.39 Å². The monoisotopic (exact) mass is 341 g/mol. The highest BCUT2D eigenvalue weighted by Gasteiger charge is 2.10. The zero-order chi connectivity index (χ0) is 17.6. The van der Waals surface area contributed by atoms with Gasteiger partial charge in [0, 0.05) is 24.1 Å². The molecule has 1 aromatic heterocycles. The maximum Gasteiger partial charge on any atom is 0.251 e. The van der Waals surface area contributed by atoms with Crippen LogP contribution in [0.2, 0.25) is 0 Å². The van der Waals surface area contributed by atoms with Crippen molar-refractivity contribution in [3.05, 3.63) is 65.8 Å². The minimum atomic E-state index is -0.329. The van der Waals surface area contributed by atoms with Crippen LogP contribution in [-0.4, -0.2) is 29.8 Å². The summed E-state index contributed by atoms with van der Waals surface area (Å²) in [6.45, 7) is 0.357. The van der Waals surface area contributed by atoms with Gasteiger partial charge in [-0.1, -0.05) is 0 Å². The molecule has 25 heavy (non-hydrogen) atoms. The van der Waals surface area contributed by atoms with Crippen molar-refractivity contribution >= 4 is 5.91 Å². The fourth-order valence-corrected chi connectivity index (χ4v) is 2.19. The van der Waals surface area contributed by atoms with Crippen molar-refractivity contribution in [3.63, 3.8) is 0 Å². The number of nitrogens with zero attached hydrogens (tertiary/aromatic N) is 2. The van der Waals surface area contributed by atoms with Crippen molar-refractivity contribution < 1.29 is 18.3 Å². The fourth-order valence-electron chi connectivity index (χ4n) is 2.19. The Morgan fingerprint density at radius 3 is 2.52 bits per heavy atom. The van der Waals surface area contributed by atoms with Gasteiger partial charge in [0.1, 0.15) is 11.6 Å². The van der Waals surface area contributed by atoms with E-state index in [-0.39, 0.29) is 11.7 Å². The third-order valence-electron chi connectivity index (χ3n) is 3.53. The smallest absolute Gasteiger partial charge is 0.251 e. The van der Waals surface area contributed by atoms with Crippen molar-refractivity contribution in [2.75, 3.05) is 13.7 Å². The number of aromatic nitrogens is 2. The summed E-state index contributed by atoms with van der Waals surface area (Å²) >= 11 is 0. The van der Waals surface area contributed by atoms with Crippen LogP contribution in [0, 0.1) is 5.82 Å². The predicted octanol–water partition coefficient (Wildman–Crippen LogP) is 2.86. The van der Waals surface area contributed by atoms with Crippen molar-refractivity contribution in [1.29, 1.82) is 0 Å². The van der Waals surface area contributed by atoms with Gasteiger partial charge in [0.15, 0.2) is 0 Å². The van der Waals surface area contributed by atoms with Crippen LogP contribution in [0.5, 0.6) is 5.75 Å². The predicted molar refractivity (Wildman–Crippen MR) is 88.7 cm³/mol. The number of carbonyl (C=O) groups is 1. The maximum atomic E-state index is 12.9. The number of ether oxygens (including phenoxy) is 1. The van der Waals surface area contributed by atoms with Crippen molar-refractivity contribution in [1.82, 2.24) is 15.5 Å². The minimum Gasteiger partial charge on any atom is -0.497 e. The van der Waals surface area contributed by atoms with Gasteiger partial charge >= 0.3 is 0 Å². The van der Waals surface area contributed by atoms with E-state index in [1.165, 1.54) is 12.1 Å². The van der Waals surface area contributed by atoms with E-state index in [0.29, 0.717) is 41.6 Å².